The molecule has 1 aliphatic rings. The van der Waals surface area contributed by atoms with Gasteiger partial charge in [-0.3, -0.25) is 4.79 Å². The van der Waals surface area contributed by atoms with Crippen molar-refractivity contribution in [1.29, 1.82) is 0 Å². The second kappa shape index (κ2) is 6.63. The first-order valence-corrected chi connectivity index (χ1v) is 8.89. The zero-order chi connectivity index (χ0) is 17.2. The number of aryl methyl sites for hydroxylation is 2. The quantitative estimate of drug-likeness (QED) is 0.785. The van der Waals surface area contributed by atoms with Crippen LogP contribution in [-0.4, -0.2) is 23.6 Å². The van der Waals surface area contributed by atoms with Gasteiger partial charge in [-0.05, 0) is 42.7 Å². The van der Waals surface area contributed by atoms with Crippen LogP contribution in [0.15, 0.2) is 54.7 Å². The van der Waals surface area contributed by atoms with E-state index in [4.69, 9.17) is 0 Å². The zero-order valence-corrected chi connectivity index (χ0v) is 14.5. The molecule has 128 valence electrons. The van der Waals surface area contributed by atoms with Crippen LogP contribution in [0.25, 0.3) is 10.9 Å². The van der Waals surface area contributed by atoms with Crippen molar-refractivity contribution >= 4 is 28.2 Å². The first-order valence-electron chi connectivity index (χ1n) is 8.89. The lowest BCUT2D eigenvalue weighted by atomic mass is 10.0. The van der Waals surface area contributed by atoms with Crippen molar-refractivity contribution in [3.05, 3.63) is 60.3 Å². The number of fused-ring (bicyclic) bond motifs is 2. The third-order valence-electron chi connectivity index (χ3n) is 5.02. The molecule has 1 amide bonds. The van der Waals surface area contributed by atoms with Gasteiger partial charge in [-0.25, -0.2) is 0 Å². The Kier molecular flexibility index (Phi) is 4.18. The molecule has 4 heteroatoms. The molecule has 0 saturated heterocycles. The monoisotopic (exact) mass is 333 g/mol. The first kappa shape index (κ1) is 15.8. The Morgan fingerprint density at radius 3 is 2.92 bits per heavy atom. The molecule has 0 saturated carbocycles. The largest absolute Gasteiger partial charge is 0.371 e. The molecule has 0 aliphatic carbocycles. The topological polar surface area (TPSA) is 37.3 Å². The Balaban J connectivity index is 1.43. The molecule has 1 aromatic heterocycles. The fourth-order valence-corrected chi connectivity index (χ4v) is 3.70. The normalized spacial score (nSPS) is 13.7. The lowest BCUT2D eigenvalue weighted by Crippen LogP contribution is -2.32. The van der Waals surface area contributed by atoms with Crippen molar-refractivity contribution in [3.63, 3.8) is 0 Å². The van der Waals surface area contributed by atoms with Gasteiger partial charge in [0.05, 0.1) is 5.69 Å². The molecule has 25 heavy (non-hydrogen) atoms. The molecule has 2 heterocycles. The Morgan fingerprint density at radius 1 is 1.12 bits per heavy atom. The average Bonchev–Trinajstić information content (AvgIpc) is 3.02. The minimum Gasteiger partial charge on any atom is -0.371 e. The summed E-state index contributed by atoms with van der Waals surface area (Å²) in [6, 6.07) is 16.6. The molecular weight excluding hydrogens is 310 g/mol. The van der Waals surface area contributed by atoms with Crippen LogP contribution in [0.1, 0.15) is 18.4 Å². The fourth-order valence-electron chi connectivity index (χ4n) is 3.70. The summed E-state index contributed by atoms with van der Waals surface area (Å²) in [5.41, 5.74) is 4.69. The van der Waals surface area contributed by atoms with Gasteiger partial charge in [-0.15, -0.1) is 0 Å². The molecule has 0 fully saturated rings. The van der Waals surface area contributed by atoms with E-state index in [1.807, 2.05) is 31.4 Å². The molecule has 0 atom stereocenters. The molecule has 0 radical (unpaired) electrons. The number of hydrogen-bond acceptors (Lipinski definition) is 2. The highest BCUT2D eigenvalue weighted by atomic mass is 16.1. The zero-order valence-electron chi connectivity index (χ0n) is 14.5. The number of hydrogen-bond donors (Lipinski definition) is 1. The highest BCUT2D eigenvalue weighted by Gasteiger charge is 2.17. The van der Waals surface area contributed by atoms with Gasteiger partial charge in [-0.1, -0.05) is 24.3 Å². The van der Waals surface area contributed by atoms with Crippen LogP contribution in [-0.2, 0) is 18.3 Å². The van der Waals surface area contributed by atoms with Crippen LogP contribution < -0.4 is 10.2 Å². The maximum absolute atomic E-state index is 12.5. The summed E-state index contributed by atoms with van der Waals surface area (Å²) in [4.78, 5) is 14.8. The maximum Gasteiger partial charge on any atom is 0.226 e. The Hall–Kier alpha value is -2.75. The SMILES string of the molecule is Cn1ccc2c(NC(=O)CCN3CCCc4ccccc43)cccc21. The summed E-state index contributed by atoms with van der Waals surface area (Å²) >= 11 is 0. The van der Waals surface area contributed by atoms with Gasteiger partial charge >= 0.3 is 0 Å². The summed E-state index contributed by atoms with van der Waals surface area (Å²) in [6.07, 6.45) is 4.80. The molecule has 4 nitrogen and oxygen atoms in total. The van der Waals surface area contributed by atoms with Crippen molar-refractivity contribution < 1.29 is 4.79 Å². The lowest BCUT2D eigenvalue weighted by Gasteiger charge is -2.31. The van der Waals surface area contributed by atoms with Gasteiger partial charge < -0.3 is 14.8 Å². The fraction of sp³-hybridized carbons (Fsp3) is 0.286. The highest BCUT2D eigenvalue weighted by molar-refractivity contribution is 6.01. The van der Waals surface area contributed by atoms with Gasteiger partial charge in [0.25, 0.3) is 0 Å². The number of nitrogens with zero attached hydrogens (tertiary/aromatic N) is 2. The number of amides is 1. The standard InChI is InChI=1S/C21H23N3O/c1-23-14-11-17-18(8-4-10-20(17)23)22-21(25)12-15-24-13-5-7-16-6-2-3-9-19(16)24/h2-4,6,8-11,14H,5,7,12-13,15H2,1H3,(H,22,25). The molecule has 0 bridgehead atoms. The first-order chi connectivity index (χ1) is 12.2. The van der Waals surface area contributed by atoms with Gasteiger partial charge in [-0.2, -0.15) is 0 Å². The number of para-hydroxylation sites is 1. The number of anilines is 2. The third kappa shape index (κ3) is 3.12. The molecule has 1 aliphatic heterocycles. The molecule has 0 unspecified atom stereocenters. The van der Waals surface area contributed by atoms with E-state index in [9.17, 15) is 4.79 Å². The van der Waals surface area contributed by atoms with E-state index < -0.39 is 0 Å². The lowest BCUT2D eigenvalue weighted by molar-refractivity contribution is -0.116. The van der Waals surface area contributed by atoms with E-state index in [0.29, 0.717) is 6.42 Å². The summed E-state index contributed by atoms with van der Waals surface area (Å²) < 4.78 is 2.07. The van der Waals surface area contributed by atoms with E-state index in [1.165, 1.54) is 11.3 Å². The van der Waals surface area contributed by atoms with Crippen LogP contribution >= 0.6 is 0 Å². The Morgan fingerprint density at radius 2 is 2.00 bits per heavy atom. The van der Waals surface area contributed by atoms with Crippen molar-refractivity contribution in [1.82, 2.24) is 4.57 Å². The van der Waals surface area contributed by atoms with Crippen LogP contribution in [0.5, 0.6) is 0 Å². The third-order valence-corrected chi connectivity index (χ3v) is 5.02. The van der Waals surface area contributed by atoms with E-state index in [1.54, 1.807) is 0 Å². The molecule has 1 N–H and O–H groups in total. The van der Waals surface area contributed by atoms with Crippen LogP contribution in [0.3, 0.4) is 0 Å². The van der Waals surface area contributed by atoms with Gasteiger partial charge in [0.15, 0.2) is 0 Å². The van der Waals surface area contributed by atoms with E-state index in [-0.39, 0.29) is 5.91 Å². The van der Waals surface area contributed by atoms with Crippen molar-refractivity contribution in [2.75, 3.05) is 23.3 Å². The van der Waals surface area contributed by atoms with Gasteiger partial charge in [0, 0.05) is 49.3 Å². The van der Waals surface area contributed by atoms with E-state index >= 15 is 0 Å². The van der Waals surface area contributed by atoms with E-state index in [2.05, 4.69) is 45.1 Å². The minimum atomic E-state index is 0.0689. The summed E-state index contributed by atoms with van der Waals surface area (Å²) in [5.74, 6) is 0.0689. The number of benzene rings is 2. The predicted molar refractivity (Wildman–Crippen MR) is 103 cm³/mol. The number of aromatic nitrogens is 1. The summed E-state index contributed by atoms with van der Waals surface area (Å²) in [7, 11) is 2.02. The van der Waals surface area contributed by atoms with Crippen molar-refractivity contribution in [3.8, 4) is 0 Å². The second-order valence-electron chi connectivity index (χ2n) is 6.68. The number of rotatable bonds is 4. The summed E-state index contributed by atoms with van der Waals surface area (Å²) in [6.45, 7) is 1.78. The van der Waals surface area contributed by atoms with Crippen molar-refractivity contribution in [2.45, 2.75) is 19.3 Å². The number of carbonyl (C=O) groups excluding carboxylic acids is 1. The highest BCUT2D eigenvalue weighted by Crippen LogP contribution is 2.27. The second-order valence-corrected chi connectivity index (χ2v) is 6.68. The minimum absolute atomic E-state index is 0.0689. The smallest absolute Gasteiger partial charge is 0.226 e. The molecule has 4 rings (SSSR count). The Labute approximate surface area is 148 Å². The van der Waals surface area contributed by atoms with Gasteiger partial charge in [0.2, 0.25) is 5.91 Å². The predicted octanol–water partition coefficient (Wildman–Crippen LogP) is 3.96. The Bertz CT molecular complexity index is 912. The van der Waals surface area contributed by atoms with E-state index in [0.717, 1.165) is 42.5 Å². The molecule has 3 aromatic rings. The van der Waals surface area contributed by atoms with Crippen LogP contribution in [0.4, 0.5) is 11.4 Å². The maximum atomic E-state index is 12.5. The molecule has 2 aromatic carbocycles. The molecular formula is C21H23N3O. The molecule has 0 spiro atoms. The average molecular weight is 333 g/mol. The summed E-state index contributed by atoms with van der Waals surface area (Å²) in [5, 5.41) is 4.17. The van der Waals surface area contributed by atoms with Gasteiger partial charge in [0.1, 0.15) is 0 Å². The number of carbonyl (C=O) groups is 1. The van der Waals surface area contributed by atoms with Crippen molar-refractivity contribution in [2.24, 2.45) is 7.05 Å². The number of nitrogens with one attached hydrogen (secondary N) is 1. The van der Waals surface area contributed by atoms with Crippen LogP contribution in [0.2, 0.25) is 0 Å². The van der Waals surface area contributed by atoms with Crippen LogP contribution in [0, 0.1) is 0 Å².